The highest BCUT2D eigenvalue weighted by molar-refractivity contribution is 5.38. The molecule has 0 aromatic heterocycles. The van der Waals surface area contributed by atoms with E-state index in [4.69, 9.17) is 5.73 Å². The average Bonchev–Trinajstić information content (AvgIpc) is 2.35. The van der Waals surface area contributed by atoms with Crippen LogP contribution in [0.1, 0.15) is 42.5 Å². The average molecular weight is 315 g/mol. The van der Waals surface area contributed by atoms with E-state index in [1.54, 1.807) is 6.92 Å². The van der Waals surface area contributed by atoms with Crippen LogP contribution in [-0.4, -0.2) is 11.2 Å². The van der Waals surface area contributed by atoms with E-state index >= 15 is 0 Å². The van der Waals surface area contributed by atoms with Crippen molar-refractivity contribution < 1.29 is 31.4 Å². The van der Waals surface area contributed by atoms with Crippen LogP contribution in [0.3, 0.4) is 0 Å². The summed E-state index contributed by atoms with van der Waals surface area (Å²) in [4.78, 5) is 0. The van der Waals surface area contributed by atoms with Gasteiger partial charge in [0.05, 0.1) is 23.3 Å². The van der Waals surface area contributed by atoms with Crippen LogP contribution in [0, 0.1) is 0 Å². The Morgan fingerprint density at radius 3 is 2.10 bits per heavy atom. The zero-order valence-electron chi connectivity index (χ0n) is 11.1. The summed E-state index contributed by atoms with van der Waals surface area (Å²) in [5.74, 6) is 0. The molecule has 3 N–H and O–H groups in total. The summed E-state index contributed by atoms with van der Waals surface area (Å²) in [6.45, 7) is 1.70. The lowest BCUT2D eigenvalue weighted by atomic mass is 9.93. The van der Waals surface area contributed by atoms with E-state index in [0.717, 1.165) is 0 Å². The van der Waals surface area contributed by atoms with E-state index in [9.17, 15) is 31.4 Å². The van der Waals surface area contributed by atoms with Crippen molar-refractivity contribution in [2.24, 2.45) is 5.73 Å². The predicted octanol–water partition coefficient (Wildman–Crippen LogP) is 3.89. The maximum absolute atomic E-state index is 12.9. The van der Waals surface area contributed by atoms with E-state index in [1.807, 2.05) is 0 Å². The van der Waals surface area contributed by atoms with E-state index in [2.05, 4.69) is 0 Å². The maximum Gasteiger partial charge on any atom is 0.416 e. The minimum absolute atomic E-state index is 0.0217. The second-order valence-corrected chi connectivity index (χ2v) is 4.68. The van der Waals surface area contributed by atoms with Crippen molar-refractivity contribution in [3.63, 3.8) is 0 Å². The molecule has 0 saturated carbocycles. The molecule has 0 bridgehead atoms. The molecule has 0 aliphatic rings. The summed E-state index contributed by atoms with van der Waals surface area (Å²) in [6, 6.07) is -0.171. The molecule has 0 amide bonds. The van der Waals surface area contributed by atoms with Crippen LogP contribution in [0.25, 0.3) is 0 Å². The predicted molar refractivity (Wildman–Crippen MR) is 64.3 cm³/mol. The lowest BCUT2D eigenvalue weighted by Crippen LogP contribution is -2.29. The molecule has 1 rings (SSSR count). The first-order valence-electron chi connectivity index (χ1n) is 6.20. The molecule has 0 radical (unpaired) electrons. The maximum atomic E-state index is 12.9. The number of rotatable bonds is 4. The van der Waals surface area contributed by atoms with Crippen molar-refractivity contribution in [2.75, 3.05) is 0 Å². The molecule has 0 saturated heterocycles. The Morgan fingerprint density at radius 1 is 1.10 bits per heavy atom. The SMILES string of the molecule is CCC[C@@H](O)[C@@H](N)c1ccc(C(F)(F)F)cc1C(F)(F)F. The highest BCUT2D eigenvalue weighted by Gasteiger charge is 2.39. The van der Waals surface area contributed by atoms with Gasteiger partial charge in [-0.2, -0.15) is 26.3 Å². The number of benzene rings is 1. The highest BCUT2D eigenvalue weighted by atomic mass is 19.4. The second-order valence-electron chi connectivity index (χ2n) is 4.68. The van der Waals surface area contributed by atoms with Crippen molar-refractivity contribution >= 4 is 0 Å². The first-order valence-corrected chi connectivity index (χ1v) is 6.20. The number of nitrogens with two attached hydrogens (primary N) is 1. The van der Waals surface area contributed by atoms with Crippen LogP contribution in [0.4, 0.5) is 26.3 Å². The number of halogens is 6. The smallest absolute Gasteiger partial charge is 0.391 e. The molecule has 0 unspecified atom stereocenters. The normalized spacial score (nSPS) is 15.9. The Bertz CT molecular complexity index is 483. The van der Waals surface area contributed by atoms with Crippen molar-refractivity contribution in [3.05, 3.63) is 34.9 Å². The quantitative estimate of drug-likeness (QED) is 0.828. The van der Waals surface area contributed by atoms with Crippen LogP contribution in [0.5, 0.6) is 0 Å². The first-order chi connectivity index (χ1) is 9.48. The van der Waals surface area contributed by atoms with Crippen molar-refractivity contribution in [1.29, 1.82) is 0 Å². The van der Waals surface area contributed by atoms with Crippen LogP contribution in [-0.2, 0) is 12.4 Å². The number of aliphatic hydroxyl groups excluding tert-OH is 1. The van der Waals surface area contributed by atoms with Gasteiger partial charge in [0, 0.05) is 0 Å². The third kappa shape index (κ3) is 4.34. The molecule has 1 aromatic rings. The lowest BCUT2D eigenvalue weighted by Gasteiger charge is -2.23. The molecule has 0 heterocycles. The molecule has 0 aliphatic carbocycles. The van der Waals surface area contributed by atoms with E-state index < -0.39 is 41.2 Å². The molecule has 0 spiro atoms. The largest absolute Gasteiger partial charge is 0.416 e. The summed E-state index contributed by atoms with van der Waals surface area (Å²) < 4.78 is 76.3. The van der Waals surface area contributed by atoms with Crippen LogP contribution >= 0.6 is 0 Å². The Morgan fingerprint density at radius 2 is 1.67 bits per heavy atom. The zero-order chi connectivity index (χ0) is 16.4. The molecule has 8 heteroatoms. The minimum Gasteiger partial charge on any atom is -0.391 e. The molecule has 21 heavy (non-hydrogen) atoms. The van der Waals surface area contributed by atoms with Gasteiger partial charge >= 0.3 is 12.4 Å². The summed E-state index contributed by atoms with van der Waals surface area (Å²) in [6.07, 6.45) is -10.5. The minimum atomic E-state index is -4.99. The van der Waals surface area contributed by atoms with Gasteiger partial charge < -0.3 is 10.8 Å². The molecule has 2 atom stereocenters. The van der Waals surface area contributed by atoms with Crippen LogP contribution < -0.4 is 5.73 Å². The Hall–Kier alpha value is -1.28. The van der Waals surface area contributed by atoms with Gasteiger partial charge in [0.15, 0.2) is 0 Å². The Kier molecular flexibility index (Phi) is 5.27. The van der Waals surface area contributed by atoms with E-state index in [0.29, 0.717) is 18.6 Å². The van der Waals surface area contributed by atoms with Gasteiger partial charge in [0.1, 0.15) is 0 Å². The third-order valence-electron chi connectivity index (χ3n) is 3.04. The van der Waals surface area contributed by atoms with Gasteiger partial charge in [-0.1, -0.05) is 19.4 Å². The van der Waals surface area contributed by atoms with E-state index in [-0.39, 0.29) is 12.5 Å². The standard InChI is InChI=1S/C13H15F6NO/c1-2-3-10(21)11(20)8-5-4-7(12(14,15)16)6-9(8)13(17,18)19/h4-6,10-11,21H,2-3,20H2,1H3/t10-,11+/m1/s1. The van der Waals surface area contributed by atoms with Gasteiger partial charge in [-0.3, -0.25) is 0 Å². The zero-order valence-corrected chi connectivity index (χ0v) is 11.1. The summed E-state index contributed by atoms with van der Waals surface area (Å²) in [5.41, 5.74) is 2.13. The second kappa shape index (κ2) is 6.23. The molecular weight excluding hydrogens is 300 g/mol. The Labute approximate surface area is 117 Å². The summed E-state index contributed by atoms with van der Waals surface area (Å²) >= 11 is 0. The fourth-order valence-electron chi connectivity index (χ4n) is 1.95. The molecule has 120 valence electrons. The van der Waals surface area contributed by atoms with Gasteiger partial charge in [0.2, 0.25) is 0 Å². The molecule has 2 nitrogen and oxygen atoms in total. The highest BCUT2D eigenvalue weighted by Crippen LogP contribution is 2.39. The van der Waals surface area contributed by atoms with Gasteiger partial charge in [-0.15, -0.1) is 0 Å². The van der Waals surface area contributed by atoms with Gasteiger partial charge in [-0.05, 0) is 24.1 Å². The van der Waals surface area contributed by atoms with Crippen LogP contribution in [0.15, 0.2) is 18.2 Å². The monoisotopic (exact) mass is 315 g/mol. The topological polar surface area (TPSA) is 46.2 Å². The first kappa shape index (κ1) is 17.8. The van der Waals surface area contributed by atoms with Crippen molar-refractivity contribution in [3.8, 4) is 0 Å². The lowest BCUT2D eigenvalue weighted by molar-refractivity contribution is -0.143. The van der Waals surface area contributed by atoms with Crippen molar-refractivity contribution in [1.82, 2.24) is 0 Å². The molecule has 1 aromatic carbocycles. The summed E-state index contributed by atoms with van der Waals surface area (Å²) in [5, 5.41) is 9.68. The van der Waals surface area contributed by atoms with Gasteiger partial charge in [-0.25, -0.2) is 0 Å². The third-order valence-corrected chi connectivity index (χ3v) is 3.04. The molecule has 0 fully saturated rings. The molecule has 0 aliphatic heterocycles. The van der Waals surface area contributed by atoms with Crippen LogP contribution in [0.2, 0.25) is 0 Å². The fourth-order valence-corrected chi connectivity index (χ4v) is 1.95. The number of alkyl halides is 6. The molecular formula is C13H15F6NO. The van der Waals surface area contributed by atoms with Crippen molar-refractivity contribution in [2.45, 2.75) is 44.3 Å². The summed E-state index contributed by atoms with van der Waals surface area (Å²) in [7, 11) is 0. The fraction of sp³-hybridized carbons (Fsp3) is 0.538. The van der Waals surface area contributed by atoms with Gasteiger partial charge in [0.25, 0.3) is 0 Å². The number of hydrogen-bond donors (Lipinski definition) is 2. The number of hydrogen-bond acceptors (Lipinski definition) is 2. The number of aliphatic hydroxyl groups is 1. The van der Waals surface area contributed by atoms with E-state index in [1.165, 1.54) is 0 Å². The Balaban J connectivity index is 3.33.